The van der Waals surface area contributed by atoms with E-state index in [9.17, 15) is 18.0 Å². The number of aromatic nitrogens is 4. The average molecular weight is 401 g/mol. The first-order valence-electron chi connectivity index (χ1n) is 8.64. The van der Waals surface area contributed by atoms with Gasteiger partial charge in [-0.3, -0.25) is 4.79 Å². The Morgan fingerprint density at radius 1 is 1.17 bits per heavy atom. The normalized spacial score (nSPS) is 11.7. The SMILES string of the molecule is CCc1ccc(NC(=O)c2ccc3cc(-c4nn[nH]n4)oc3c2)cc1C(F)(F)F. The number of rotatable bonds is 4. The number of hydrogen-bond acceptors (Lipinski definition) is 5. The Labute approximate surface area is 161 Å². The second kappa shape index (κ2) is 7.04. The van der Waals surface area contributed by atoms with Gasteiger partial charge in [-0.25, -0.2) is 0 Å². The molecule has 4 aromatic rings. The minimum absolute atomic E-state index is 0.0616. The number of aromatic amines is 1. The number of furan rings is 1. The standard InChI is InChI=1S/C19H14F3N5O2/c1-2-10-5-6-13(9-14(10)19(20,21)22)23-18(28)12-4-3-11-7-16(29-15(11)8-12)17-24-26-27-25-17/h3-9H,2H2,1H3,(H,23,28)(H,24,25,26,27). The molecule has 0 radical (unpaired) electrons. The summed E-state index contributed by atoms with van der Waals surface area (Å²) in [6.07, 6.45) is -4.26. The molecule has 2 N–H and O–H groups in total. The molecule has 1 amide bonds. The fourth-order valence-corrected chi connectivity index (χ4v) is 2.98. The molecule has 0 spiro atoms. The first kappa shape index (κ1) is 18.7. The van der Waals surface area contributed by atoms with Crippen molar-refractivity contribution in [2.24, 2.45) is 0 Å². The van der Waals surface area contributed by atoms with E-state index in [-0.39, 0.29) is 29.1 Å². The van der Waals surface area contributed by atoms with Crippen LogP contribution in [-0.2, 0) is 12.6 Å². The number of benzene rings is 2. The molecule has 0 saturated carbocycles. The number of nitrogens with one attached hydrogen (secondary N) is 2. The topological polar surface area (TPSA) is 96.7 Å². The number of aryl methyl sites for hydroxylation is 1. The van der Waals surface area contributed by atoms with Crippen molar-refractivity contribution >= 4 is 22.6 Å². The highest BCUT2D eigenvalue weighted by atomic mass is 19.4. The van der Waals surface area contributed by atoms with Crippen LogP contribution in [0.15, 0.2) is 46.9 Å². The first-order valence-corrected chi connectivity index (χ1v) is 8.64. The average Bonchev–Trinajstić information content (AvgIpc) is 3.36. The summed E-state index contributed by atoms with van der Waals surface area (Å²) >= 11 is 0. The zero-order valence-electron chi connectivity index (χ0n) is 15.0. The number of fused-ring (bicyclic) bond motifs is 1. The number of amides is 1. The smallest absolute Gasteiger partial charge is 0.416 e. The molecule has 0 unspecified atom stereocenters. The molecule has 148 valence electrons. The maximum Gasteiger partial charge on any atom is 0.416 e. The van der Waals surface area contributed by atoms with Gasteiger partial charge in [-0.15, -0.1) is 10.2 Å². The summed E-state index contributed by atoms with van der Waals surface area (Å²) in [6, 6.07) is 10.2. The predicted octanol–water partition coefficient (Wildman–Crippen LogP) is 4.45. The molecule has 0 saturated heterocycles. The van der Waals surface area contributed by atoms with E-state index in [1.807, 2.05) is 0 Å². The second-order valence-corrected chi connectivity index (χ2v) is 6.28. The molecule has 4 rings (SSSR count). The van der Waals surface area contributed by atoms with Crippen LogP contribution >= 0.6 is 0 Å². The van der Waals surface area contributed by atoms with E-state index >= 15 is 0 Å². The number of carbonyl (C=O) groups is 1. The van der Waals surface area contributed by atoms with Crippen molar-refractivity contribution in [3.8, 4) is 11.6 Å². The summed E-state index contributed by atoms with van der Waals surface area (Å²) in [4.78, 5) is 12.5. The Balaban J connectivity index is 1.61. The summed E-state index contributed by atoms with van der Waals surface area (Å²) in [6.45, 7) is 1.64. The van der Waals surface area contributed by atoms with E-state index in [1.165, 1.54) is 18.2 Å². The summed E-state index contributed by atoms with van der Waals surface area (Å²) in [5, 5.41) is 16.6. The number of H-pyrrole nitrogens is 1. The van der Waals surface area contributed by atoms with Gasteiger partial charge < -0.3 is 9.73 Å². The fraction of sp³-hybridized carbons (Fsp3) is 0.158. The number of alkyl halides is 3. The van der Waals surface area contributed by atoms with Crippen molar-refractivity contribution in [1.29, 1.82) is 0 Å². The third-order valence-electron chi connectivity index (χ3n) is 4.40. The highest BCUT2D eigenvalue weighted by molar-refractivity contribution is 6.06. The summed E-state index contributed by atoms with van der Waals surface area (Å²) in [5.41, 5.74) is 0.117. The lowest BCUT2D eigenvalue weighted by Gasteiger charge is -2.14. The van der Waals surface area contributed by atoms with Crippen molar-refractivity contribution in [2.45, 2.75) is 19.5 Å². The molecule has 0 aliphatic rings. The maximum absolute atomic E-state index is 13.2. The van der Waals surface area contributed by atoms with Gasteiger partial charge in [-0.05, 0) is 47.5 Å². The van der Waals surface area contributed by atoms with E-state index < -0.39 is 17.6 Å². The van der Waals surface area contributed by atoms with E-state index in [2.05, 4.69) is 25.9 Å². The highest BCUT2D eigenvalue weighted by Gasteiger charge is 2.33. The van der Waals surface area contributed by atoms with E-state index in [1.54, 1.807) is 25.1 Å². The molecule has 2 aromatic carbocycles. The van der Waals surface area contributed by atoms with E-state index in [0.29, 0.717) is 16.7 Å². The molecule has 0 atom stereocenters. The largest absolute Gasteiger partial charge is 0.453 e. The third-order valence-corrected chi connectivity index (χ3v) is 4.40. The van der Waals surface area contributed by atoms with E-state index in [0.717, 1.165) is 6.07 Å². The van der Waals surface area contributed by atoms with Crippen LogP contribution in [0, 0.1) is 0 Å². The zero-order valence-corrected chi connectivity index (χ0v) is 15.0. The van der Waals surface area contributed by atoms with Crippen molar-refractivity contribution < 1.29 is 22.4 Å². The Morgan fingerprint density at radius 2 is 2.00 bits per heavy atom. The summed E-state index contributed by atoms with van der Waals surface area (Å²) in [7, 11) is 0. The van der Waals surface area contributed by atoms with Crippen LogP contribution in [0.3, 0.4) is 0 Å². The van der Waals surface area contributed by atoms with E-state index in [4.69, 9.17) is 4.42 Å². The maximum atomic E-state index is 13.2. The van der Waals surface area contributed by atoms with Gasteiger partial charge in [0, 0.05) is 16.6 Å². The van der Waals surface area contributed by atoms with Crippen LogP contribution in [0.25, 0.3) is 22.6 Å². The molecular weight excluding hydrogens is 387 g/mol. The molecule has 0 bridgehead atoms. The molecule has 0 aliphatic carbocycles. The van der Waals surface area contributed by atoms with Crippen LogP contribution in [0.5, 0.6) is 0 Å². The number of nitrogens with zero attached hydrogens (tertiary/aromatic N) is 3. The fourth-order valence-electron chi connectivity index (χ4n) is 2.98. The molecule has 10 heteroatoms. The van der Waals surface area contributed by atoms with Crippen LogP contribution in [0.1, 0.15) is 28.4 Å². The molecule has 29 heavy (non-hydrogen) atoms. The quantitative estimate of drug-likeness (QED) is 0.527. The van der Waals surface area contributed by atoms with Crippen LogP contribution in [-0.4, -0.2) is 26.5 Å². The predicted molar refractivity (Wildman–Crippen MR) is 98.2 cm³/mol. The van der Waals surface area contributed by atoms with Gasteiger partial charge in [0.2, 0.25) is 5.82 Å². The van der Waals surface area contributed by atoms with Crippen LogP contribution in [0.2, 0.25) is 0 Å². The van der Waals surface area contributed by atoms with Crippen molar-refractivity contribution in [1.82, 2.24) is 20.6 Å². The molecule has 0 fully saturated rings. The number of hydrogen-bond donors (Lipinski definition) is 2. The van der Waals surface area contributed by atoms with Crippen LogP contribution < -0.4 is 5.32 Å². The minimum Gasteiger partial charge on any atom is -0.453 e. The summed E-state index contributed by atoms with van der Waals surface area (Å²) < 4.78 is 45.3. The monoisotopic (exact) mass is 401 g/mol. The molecule has 0 aliphatic heterocycles. The Hall–Kier alpha value is -3.69. The lowest BCUT2D eigenvalue weighted by atomic mass is 10.0. The molecule has 2 heterocycles. The zero-order chi connectivity index (χ0) is 20.6. The first-order chi connectivity index (χ1) is 13.8. The van der Waals surface area contributed by atoms with Gasteiger partial charge >= 0.3 is 6.18 Å². The molecule has 2 aromatic heterocycles. The van der Waals surface area contributed by atoms with Gasteiger partial charge in [0.1, 0.15) is 5.58 Å². The Morgan fingerprint density at radius 3 is 2.69 bits per heavy atom. The Kier molecular flexibility index (Phi) is 4.53. The van der Waals surface area contributed by atoms with Gasteiger partial charge in [0.05, 0.1) is 5.56 Å². The lowest BCUT2D eigenvalue weighted by molar-refractivity contribution is -0.138. The van der Waals surface area contributed by atoms with Gasteiger partial charge in [-0.1, -0.05) is 19.1 Å². The minimum atomic E-state index is -4.50. The Bertz CT molecular complexity index is 1180. The van der Waals surface area contributed by atoms with Gasteiger partial charge in [0.25, 0.3) is 5.91 Å². The highest BCUT2D eigenvalue weighted by Crippen LogP contribution is 2.34. The second-order valence-electron chi connectivity index (χ2n) is 6.28. The number of tetrazole rings is 1. The number of carbonyl (C=O) groups excluding carboxylic acids is 1. The molecular formula is C19H14F3N5O2. The van der Waals surface area contributed by atoms with Gasteiger partial charge in [-0.2, -0.15) is 18.4 Å². The number of anilines is 1. The number of halogens is 3. The summed E-state index contributed by atoms with van der Waals surface area (Å²) in [5.74, 6) is 0.0842. The van der Waals surface area contributed by atoms with Crippen LogP contribution in [0.4, 0.5) is 18.9 Å². The third kappa shape index (κ3) is 3.68. The van der Waals surface area contributed by atoms with Crippen molar-refractivity contribution in [3.63, 3.8) is 0 Å². The lowest BCUT2D eigenvalue weighted by Crippen LogP contribution is -2.14. The van der Waals surface area contributed by atoms with Crippen molar-refractivity contribution in [2.75, 3.05) is 5.32 Å². The van der Waals surface area contributed by atoms with Crippen molar-refractivity contribution in [3.05, 3.63) is 59.2 Å². The van der Waals surface area contributed by atoms with Gasteiger partial charge in [0.15, 0.2) is 5.76 Å². The molecule has 7 nitrogen and oxygen atoms in total.